The first-order valence-corrected chi connectivity index (χ1v) is 7.42. The Labute approximate surface area is 123 Å². The Hall–Kier alpha value is -2.25. The van der Waals surface area contributed by atoms with Crippen molar-refractivity contribution in [1.82, 2.24) is 15.2 Å². The SMILES string of the molecule is [O-][S@@+](Cc1ccccn1)c1nnc(-c2ccc(F)cc2)o1. The molecular weight excluding hydrogens is 293 g/mol. The van der Waals surface area contributed by atoms with E-state index < -0.39 is 11.2 Å². The minimum absolute atomic E-state index is 0.0278. The maximum Gasteiger partial charge on any atom is 0.436 e. The van der Waals surface area contributed by atoms with E-state index in [0.29, 0.717) is 11.3 Å². The van der Waals surface area contributed by atoms with Gasteiger partial charge in [-0.2, -0.15) is 0 Å². The van der Waals surface area contributed by atoms with Gasteiger partial charge in [-0.15, -0.1) is 5.10 Å². The number of aromatic nitrogens is 3. The normalized spacial score (nSPS) is 12.3. The Kier molecular flexibility index (Phi) is 3.94. The van der Waals surface area contributed by atoms with Crippen LogP contribution in [0.5, 0.6) is 0 Å². The van der Waals surface area contributed by atoms with Crippen molar-refractivity contribution >= 4 is 11.2 Å². The van der Waals surface area contributed by atoms with Crippen LogP contribution in [0.15, 0.2) is 58.3 Å². The van der Waals surface area contributed by atoms with E-state index in [1.807, 2.05) is 6.07 Å². The summed E-state index contributed by atoms with van der Waals surface area (Å²) in [6.07, 6.45) is 1.63. The molecule has 3 rings (SSSR count). The zero-order valence-electron chi connectivity index (χ0n) is 10.8. The van der Waals surface area contributed by atoms with Crippen LogP contribution in [0.4, 0.5) is 4.39 Å². The van der Waals surface area contributed by atoms with Crippen molar-refractivity contribution in [2.75, 3.05) is 0 Å². The fourth-order valence-corrected chi connectivity index (χ4v) is 2.56. The van der Waals surface area contributed by atoms with E-state index in [1.165, 1.54) is 24.3 Å². The second-order valence-electron chi connectivity index (χ2n) is 4.19. The van der Waals surface area contributed by atoms with Crippen LogP contribution in [-0.2, 0) is 16.9 Å². The smallest absolute Gasteiger partial charge is 0.436 e. The standard InChI is InChI=1S/C14H10FN3O2S/c15-11-6-4-10(5-7-11)13-17-18-14(20-13)21(19)9-12-3-1-2-8-16-12/h1-8H,9H2/t21-/m0/s1. The average Bonchev–Trinajstić information content (AvgIpc) is 2.99. The first-order chi connectivity index (χ1) is 10.2. The van der Waals surface area contributed by atoms with Gasteiger partial charge in [-0.3, -0.25) is 4.98 Å². The summed E-state index contributed by atoms with van der Waals surface area (Å²) in [6, 6.07) is 11.0. The van der Waals surface area contributed by atoms with Gasteiger partial charge in [0, 0.05) is 11.8 Å². The molecule has 0 aliphatic rings. The molecule has 0 aliphatic carbocycles. The molecule has 0 bridgehead atoms. The van der Waals surface area contributed by atoms with Crippen LogP contribution in [0.3, 0.4) is 0 Å². The van der Waals surface area contributed by atoms with Crippen molar-refractivity contribution in [2.24, 2.45) is 0 Å². The van der Waals surface area contributed by atoms with E-state index in [4.69, 9.17) is 4.42 Å². The summed E-state index contributed by atoms with van der Waals surface area (Å²) in [6.45, 7) is 0. The van der Waals surface area contributed by atoms with Crippen LogP contribution in [0.2, 0.25) is 0 Å². The maximum atomic E-state index is 12.9. The minimum atomic E-state index is -1.47. The monoisotopic (exact) mass is 303 g/mol. The second-order valence-corrected chi connectivity index (χ2v) is 5.52. The molecule has 2 aromatic heterocycles. The first kappa shape index (κ1) is 13.7. The molecule has 0 N–H and O–H groups in total. The molecule has 1 aromatic carbocycles. The van der Waals surface area contributed by atoms with Gasteiger partial charge in [-0.25, -0.2) is 4.39 Å². The molecule has 0 saturated carbocycles. The molecule has 5 nitrogen and oxygen atoms in total. The molecular formula is C14H10FN3O2S. The molecule has 2 heterocycles. The fraction of sp³-hybridized carbons (Fsp3) is 0.0714. The Morgan fingerprint density at radius 2 is 1.90 bits per heavy atom. The van der Waals surface area contributed by atoms with Gasteiger partial charge in [0.15, 0.2) is 5.75 Å². The van der Waals surface area contributed by atoms with Crippen LogP contribution in [-0.4, -0.2) is 19.7 Å². The number of benzene rings is 1. The molecule has 0 aliphatic heterocycles. The van der Waals surface area contributed by atoms with Crippen molar-refractivity contribution in [3.8, 4) is 11.5 Å². The Balaban J connectivity index is 1.76. The lowest BCUT2D eigenvalue weighted by Gasteiger charge is -2.03. The van der Waals surface area contributed by atoms with Gasteiger partial charge in [0.05, 0.1) is 16.9 Å². The largest absolute Gasteiger partial charge is 0.607 e. The highest BCUT2D eigenvalue weighted by Gasteiger charge is 2.21. The van der Waals surface area contributed by atoms with Crippen molar-refractivity contribution < 1.29 is 13.4 Å². The third kappa shape index (κ3) is 3.26. The third-order valence-electron chi connectivity index (χ3n) is 2.70. The molecule has 0 amide bonds. The number of hydrogen-bond donors (Lipinski definition) is 0. The van der Waals surface area contributed by atoms with Crippen molar-refractivity contribution in [1.29, 1.82) is 0 Å². The van der Waals surface area contributed by atoms with Crippen molar-refractivity contribution in [3.05, 3.63) is 60.2 Å². The lowest BCUT2D eigenvalue weighted by atomic mass is 10.2. The van der Waals surface area contributed by atoms with Crippen LogP contribution in [0, 0.1) is 5.82 Å². The quantitative estimate of drug-likeness (QED) is 0.692. The van der Waals surface area contributed by atoms with Crippen LogP contribution in [0.1, 0.15) is 5.69 Å². The predicted molar refractivity (Wildman–Crippen MR) is 74.0 cm³/mol. The molecule has 7 heteroatoms. The topological polar surface area (TPSA) is 74.9 Å². The van der Waals surface area contributed by atoms with Gasteiger partial charge < -0.3 is 8.97 Å². The van der Waals surface area contributed by atoms with E-state index in [2.05, 4.69) is 15.2 Å². The van der Waals surface area contributed by atoms with E-state index >= 15 is 0 Å². The number of pyridine rings is 1. The zero-order chi connectivity index (χ0) is 14.7. The maximum absolute atomic E-state index is 12.9. The fourth-order valence-electron chi connectivity index (χ4n) is 1.69. The van der Waals surface area contributed by atoms with E-state index in [0.717, 1.165) is 0 Å². The molecule has 0 fully saturated rings. The summed E-state index contributed by atoms with van der Waals surface area (Å²) >= 11 is -1.47. The number of halogens is 1. The summed E-state index contributed by atoms with van der Waals surface area (Å²) in [4.78, 5) is 4.09. The second kappa shape index (κ2) is 6.02. The van der Waals surface area contributed by atoms with Crippen LogP contribution < -0.4 is 0 Å². The average molecular weight is 303 g/mol. The summed E-state index contributed by atoms with van der Waals surface area (Å²) in [5.41, 5.74) is 1.25. The zero-order valence-corrected chi connectivity index (χ0v) is 11.6. The highest BCUT2D eigenvalue weighted by molar-refractivity contribution is 7.90. The number of hydrogen-bond acceptors (Lipinski definition) is 5. The molecule has 106 valence electrons. The van der Waals surface area contributed by atoms with E-state index in [9.17, 15) is 8.94 Å². The molecule has 0 radical (unpaired) electrons. The predicted octanol–water partition coefficient (Wildman–Crippen LogP) is 2.58. The first-order valence-electron chi connectivity index (χ1n) is 6.10. The Morgan fingerprint density at radius 3 is 2.62 bits per heavy atom. The van der Waals surface area contributed by atoms with Crippen LogP contribution >= 0.6 is 0 Å². The summed E-state index contributed by atoms with van der Waals surface area (Å²) in [7, 11) is 0. The van der Waals surface area contributed by atoms with Crippen molar-refractivity contribution in [3.63, 3.8) is 0 Å². The molecule has 1 atom stereocenters. The molecule has 0 unspecified atom stereocenters. The van der Waals surface area contributed by atoms with Gasteiger partial charge in [-0.05, 0) is 36.4 Å². The summed E-state index contributed by atoms with van der Waals surface area (Å²) in [5.74, 6) is 0.0582. The van der Waals surface area contributed by atoms with Crippen LogP contribution in [0.25, 0.3) is 11.5 Å². The van der Waals surface area contributed by atoms with Gasteiger partial charge in [0.1, 0.15) is 5.82 Å². The van der Waals surface area contributed by atoms with Gasteiger partial charge in [-0.1, -0.05) is 11.2 Å². The number of rotatable bonds is 4. The lowest BCUT2D eigenvalue weighted by molar-refractivity contribution is 0.439. The molecule has 21 heavy (non-hydrogen) atoms. The highest BCUT2D eigenvalue weighted by Crippen LogP contribution is 2.21. The van der Waals surface area contributed by atoms with Gasteiger partial charge >= 0.3 is 5.22 Å². The minimum Gasteiger partial charge on any atom is -0.607 e. The summed E-state index contributed by atoms with van der Waals surface area (Å²) in [5, 5.41) is 7.63. The molecule has 0 saturated heterocycles. The van der Waals surface area contributed by atoms with Gasteiger partial charge in [0.2, 0.25) is 0 Å². The van der Waals surface area contributed by atoms with E-state index in [1.54, 1.807) is 18.3 Å². The summed E-state index contributed by atoms with van der Waals surface area (Å²) < 4.78 is 30.4. The van der Waals surface area contributed by atoms with Gasteiger partial charge in [0.25, 0.3) is 5.89 Å². The lowest BCUT2D eigenvalue weighted by Crippen LogP contribution is -2.06. The third-order valence-corrected chi connectivity index (χ3v) is 3.81. The Morgan fingerprint density at radius 1 is 1.10 bits per heavy atom. The van der Waals surface area contributed by atoms with E-state index in [-0.39, 0.29) is 22.7 Å². The molecule has 3 aromatic rings. The Bertz CT molecular complexity index is 719. The number of nitrogens with zero attached hydrogens (tertiary/aromatic N) is 3. The van der Waals surface area contributed by atoms with Crippen molar-refractivity contribution in [2.45, 2.75) is 11.0 Å². The highest BCUT2D eigenvalue weighted by atomic mass is 32.2. The molecule has 0 spiro atoms.